The van der Waals surface area contributed by atoms with Crippen LogP contribution in [0.1, 0.15) is 18.2 Å². The summed E-state index contributed by atoms with van der Waals surface area (Å²) in [6, 6.07) is 1.97. The smallest absolute Gasteiger partial charge is 0.261 e. The third-order valence-corrected chi connectivity index (χ3v) is 1.40. The molecule has 0 unspecified atom stereocenters. The Morgan fingerprint density at radius 1 is 1.42 bits per heavy atom. The minimum Gasteiger partial charge on any atom is -0.261 e. The zero-order valence-electron chi connectivity index (χ0n) is 6.39. The number of pyridine rings is 1. The summed E-state index contributed by atoms with van der Waals surface area (Å²) in [6.45, 7) is 1.64. The van der Waals surface area contributed by atoms with Crippen molar-refractivity contribution in [3.8, 4) is 0 Å². The minimum absolute atomic E-state index is 0.338. The Kier molecular flexibility index (Phi) is 2.35. The zero-order valence-corrected chi connectivity index (χ0v) is 6.39. The van der Waals surface area contributed by atoms with Gasteiger partial charge in [0.15, 0.2) is 0 Å². The molecule has 0 aromatic carbocycles. The van der Waals surface area contributed by atoms with Gasteiger partial charge in [0, 0.05) is 18.3 Å². The molecule has 12 heavy (non-hydrogen) atoms. The van der Waals surface area contributed by atoms with Crippen molar-refractivity contribution in [2.75, 3.05) is 0 Å². The second kappa shape index (κ2) is 3.13. The van der Waals surface area contributed by atoms with Crippen molar-refractivity contribution in [1.29, 1.82) is 0 Å². The summed E-state index contributed by atoms with van der Waals surface area (Å²) < 4.78 is 36.2. The third kappa shape index (κ3) is 1.96. The zero-order chi connectivity index (χ0) is 9.19. The van der Waals surface area contributed by atoms with Crippen LogP contribution in [0.2, 0.25) is 0 Å². The van der Waals surface area contributed by atoms with Crippen LogP contribution in [-0.2, 0) is 6.18 Å². The Bertz CT molecular complexity index is 267. The van der Waals surface area contributed by atoms with Crippen molar-refractivity contribution in [1.82, 2.24) is 4.98 Å². The van der Waals surface area contributed by atoms with E-state index in [0.29, 0.717) is 5.69 Å². The molecule has 1 aromatic heterocycles. The van der Waals surface area contributed by atoms with Crippen LogP contribution in [0.5, 0.6) is 0 Å². The summed E-state index contributed by atoms with van der Waals surface area (Å²) in [5.74, 6) is 0. The second-order valence-corrected chi connectivity index (χ2v) is 2.26. The number of alkyl halides is 3. The van der Waals surface area contributed by atoms with Gasteiger partial charge in [0.2, 0.25) is 0 Å². The van der Waals surface area contributed by atoms with E-state index >= 15 is 0 Å². The normalized spacial score (nSPS) is 11.7. The van der Waals surface area contributed by atoms with Gasteiger partial charge in [0.1, 0.15) is 0 Å². The number of halogens is 3. The minimum atomic E-state index is -4.28. The topological polar surface area (TPSA) is 12.9 Å². The Labute approximate surface area is 68.2 Å². The highest BCUT2D eigenvalue weighted by Crippen LogP contribution is 2.29. The predicted molar refractivity (Wildman–Crippen MR) is 38.3 cm³/mol. The van der Waals surface area contributed by atoms with Crippen LogP contribution in [-0.4, -0.2) is 4.98 Å². The van der Waals surface area contributed by atoms with Crippen LogP contribution >= 0.6 is 0 Å². The fourth-order valence-electron chi connectivity index (χ4n) is 0.783. The molecule has 4 heteroatoms. The maximum absolute atomic E-state index is 12.1. The number of hydrogen-bond acceptors (Lipinski definition) is 1. The maximum atomic E-state index is 12.1. The lowest BCUT2D eigenvalue weighted by Gasteiger charge is -2.06. The molecule has 0 saturated heterocycles. The van der Waals surface area contributed by atoms with Crippen LogP contribution in [0.25, 0.3) is 0 Å². The number of rotatable bonds is 1. The van der Waals surface area contributed by atoms with Crippen LogP contribution < -0.4 is 0 Å². The van der Waals surface area contributed by atoms with E-state index in [1.54, 1.807) is 6.92 Å². The molecular weight excluding hydrogens is 167 g/mol. The van der Waals surface area contributed by atoms with Crippen molar-refractivity contribution >= 4 is 0 Å². The van der Waals surface area contributed by atoms with Gasteiger partial charge in [0.05, 0.1) is 5.56 Å². The molecule has 65 valence electrons. The van der Waals surface area contributed by atoms with Crippen LogP contribution in [0.3, 0.4) is 0 Å². The van der Waals surface area contributed by atoms with Gasteiger partial charge in [-0.25, -0.2) is 0 Å². The van der Waals surface area contributed by atoms with Crippen molar-refractivity contribution in [2.24, 2.45) is 0 Å². The summed E-state index contributed by atoms with van der Waals surface area (Å²) in [6.07, 6.45) is -1.60. The molecule has 0 N–H and O–H groups in total. The Balaban J connectivity index is 3.02. The summed E-state index contributed by atoms with van der Waals surface area (Å²) in [7, 11) is 0. The van der Waals surface area contributed by atoms with Gasteiger partial charge in [-0.15, -0.1) is 0 Å². The number of nitrogens with zero attached hydrogens (tertiary/aromatic N) is 1. The second-order valence-electron chi connectivity index (χ2n) is 2.26. The molecule has 0 fully saturated rings. The molecule has 0 spiro atoms. The Morgan fingerprint density at radius 3 is 2.58 bits per heavy atom. The SMILES string of the molecule is C[CH]c1cc(C(F)(F)F)ccn1. The van der Waals surface area contributed by atoms with Gasteiger partial charge in [-0.2, -0.15) is 13.2 Å². The maximum Gasteiger partial charge on any atom is 0.416 e. The van der Waals surface area contributed by atoms with E-state index in [9.17, 15) is 13.2 Å². The Morgan fingerprint density at radius 2 is 2.08 bits per heavy atom. The van der Waals surface area contributed by atoms with Gasteiger partial charge in [-0.05, 0) is 12.1 Å². The van der Waals surface area contributed by atoms with Gasteiger partial charge >= 0.3 is 6.18 Å². The van der Waals surface area contributed by atoms with Crippen LogP contribution in [0.15, 0.2) is 18.3 Å². The molecule has 0 bridgehead atoms. The van der Waals surface area contributed by atoms with Crippen LogP contribution in [0.4, 0.5) is 13.2 Å². The molecule has 0 amide bonds. The first-order chi connectivity index (χ1) is 5.54. The predicted octanol–water partition coefficient (Wildman–Crippen LogP) is 2.67. The molecule has 1 heterocycles. The van der Waals surface area contributed by atoms with Crippen molar-refractivity contribution in [3.05, 3.63) is 36.0 Å². The molecule has 0 atom stereocenters. The van der Waals surface area contributed by atoms with E-state index in [4.69, 9.17) is 0 Å². The lowest BCUT2D eigenvalue weighted by Crippen LogP contribution is -2.05. The molecule has 1 aromatic rings. The fourth-order valence-corrected chi connectivity index (χ4v) is 0.783. The average Bonchev–Trinajstić information content (AvgIpc) is 2.03. The molecular formula is C8H7F3N. The molecule has 0 aliphatic heterocycles. The van der Waals surface area contributed by atoms with Crippen molar-refractivity contribution in [2.45, 2.75) is 13.1 Å². The highest BCUT2D eigenvalue weighted by Gasteiger charge is 2.30. The van der Waals surface area contributed by atoms with Gasteiger partial charge in [0.25, 0.3) is 0 Å². The Hall–Kier alpha value is -1.06. The molecule has 0 aliphatic carbocycles. The first-order valence-electron chi connectivity index (χ1n) is 3.36. The van der Waals surface area contributed by atoms with Gasteiger partial charge in [-0.3, -0.25) is 4.98 Å². The van der Waals surface area contributed by atoms with Crippen molar-refractivity contribution in [3.63, 3.8) is 0 Å². The third-order valence-electron chi connectivity index (χ3n) is 1.40. The molecule has 1 nitrogen and oxygen atoms in total. The summed E-state index contributed by atoms with van der Waals surface area (Å²) in [5.41, 5.74) is -0.324. The molecule has 1 radical (unpaired) electrons. The van der Waals surface area contributed by atoms with Gasteiger partial charge < -0.3 is 0 Å². The first kappa shape index (κ1) is 9.03. The van der Waals surface area contributed by atoms with Gasteiger partial charge in [-0.1, -0.05) is 6.92 Å². The van der Waals surface area contributed by atoms with E-state index in [1.807, 2.05) is 0 Å². The van der Waals surface area contributed by atoms with E-state index in [1.165, 1.54) is 6.42 Å². The standard InChI is InChI=1S/C8H7F3N/c1-2-7-5-6(3-4-12-7)8(9,10)11/h2-5H,1H3. The quantitative estimate of drug-likeness (QED) is 0.637. The molecule has 0 aliphatic rings. The first-order valence-corrected chi connectivity index (χ1v) is 3.36. The van der Waals surface area contributed by atoms with E-state index in [-0.39, 0.29) is 0 Å². The highest BCUT2D eigenvalue weighted by molar-refractivity contribution is 5.22. The fraction of sp³-hybridized carbons (Fsp3) is 0.250. The average molecular weight is 174 g/mol. The number of hydrogen-bond donors (Lipinski definition) is 0. The van der Waals surface area contributed by atoms with E-state index in [0.717, 1.165) is 18.3 Å². The largest absolute Gasteiger partial charge is 0.416 e. The van der Waals surface area contributed by atoms with Crippen LogP contribution in [0, 0.1) is 6.42 Å². The molecule has 1 rings (SSSR count). The van der Waals surface area contributed by atoms with Crippen molar-refractivity contribution < 1.29 is 13.2 Å². The van der Waals surface area contributed by atoms with E-state index in [2.05, 4.69) is 4.98 Å². The lowest BCUT2D eigenvalue weighted by molar-refractivity contribution is -0.137. The lowest BCUT2D eigenvalue weighted by atomic mass is 10.2. The summed E-state index contributed by atoms with van der Waals surface area (Å²) in [5, 5.41) is 0. The highest BCUT2D eigenvalue weighted by atomic mass is 19.4. The monoisotopic (exact) mass is 174 g/mol. The van der Waals surface area contributed by atoms with E-state index < -0.39 is 11.7 Å². The number of aromatic nitrogens is 1. The molecule has 0 saturated carbocycles. The summed E-state index contributed by atoms with van der Waals surface area (Å²) in [4.78, 5) is 3.72. The summed E-state index contributed by atoms with van der Waals surface area (Å²) >= 11 is 0.